The van der Waals surface area contributed by atoms with Gasteiger partial charge in [-0.3, -0.25) is 4.79 Å². The zero-order valence-corrected chi connectivity index (χ0v) is 13.2. The predicted octanol–water partition coefficient (Wildman–Crippen LogP) is 2.69. The van der Waals surface area contributed by atoms with Crippen LogP contribution in [0, 0.1) is 5.92 Å². The van der Waals surface area contributed by atoms with Gasteiger partial charge >= 0.3 is 0 Å². The van der Waals surface area contributed by atoms with Gasteiger partial charge < -0.3 is 15.4 Å². The molecule has 1 heterocycles. The van der Waals surface area contributed by atoms with Gasteiger partial charge in [-0.15, -0.1) is 0 Å². The van der Waals surface area contributed by atoms with Crippen molar-refractivity contribution in [2.75, 3.05) is 19.7 Å². The molecule has 2 unspecified atom stereocenters. The van der Waals surface area contributed by atoms with Crippen molar-refractivity contribution in [1.29, 1.82) is 0 Å². The summed E-state index contributed by atoms with van der Waals surface area (Å²) in [7, 11) is 0. The molecule has 2 atom stereocenters. The van der Waals surface area contributed by atoms with Gasteiger partial charge in [0.05, 0.1) is 0 Å². The number of nitrogens with zero attached hydrogens (tertiary/aromatic N) is 1. The molecule has 116 valence electrons. The minimum atomic E-state index is 0.00922. The molecule has 0 spiro atoms. The molecule has 0 aliphatic carbocycles. The zero-order chi connectivity index (χ0) is 15.2. The molecule has 2 N–H and O–H groups in total. The zero-order valence-electron chi connectivity index (χ0n) is 12.4. The molecule has 2 rings (SSSR count). The Bertz CT molecular complexity index is 464. The van der Waals surface area contributed by atoms with Gasteiger partial charge in [0.25, 0.3) is 5.91 Å². The van der Waals surface area contributed by atoms with E-state index in [2.05, 4.69) is 6.92 Å². The SMILES string of the molecule is CCC1CCN(C(=O)COc2ccc(Cl)cc2)C(CN)C1. The molecule has 1 saturated heterocycles. The van der Waals surface area contributed by atoms with Gasteiger partial charge in [-0.05, 0) is 43.0 Å². The summed E-state index contributed by atoms with van der Waals surface area (Å²) in [6.07, 6.45) is 3.21. The van der Waals surface area contributed by atoms with E-state index in [1.165, 1.54) is 0 Å². The average Bonchev–Trinajstić information content (AvgIpc) is 2.53. The molecule has 1 aliphatic heterocycles. The lowest BCUT2D eigenvalue weighted by molar-refractivity contribution is -0.137. The van der Waals surface area contributed by atoms with Gasteiger partial charge in [-0.2, -0.15) is 0 Å². The molecule has 1 aromatic rings. The number of hydrogen-bond acceptors (Lipinski definition) is 3. The highest BCUT2D eigenvalue weighted by molar-refractivity contribution is 6.30. The van der Waals surface area contributed by atoms with Crippen molar-refractivity contribution < 1.29 is 9.53 Å². The molecule has 4 nitrogen and oxygen atoms in total. The topological polar surface area (TPSA) is 55.6 Å². The number of rotatable bonds is 5. The first-order valence-corrected chi connectivity index (χ1v) is 7.89. The van der Waals surface area contributed by atoms with Crippen LogP contribution >= 0.6 is 11.6 Å². The Balaban J connectivity index is 1.88. The summed E-state index contributed by atoms with van der Waals surface area (Å²) in [5, 5.41) is 0.651. The van der Waals surface area contributed by atoms with Crippen molar-refractivity contribution in [2.24, 2.45) is 11.7 Å². The van der Waals surface area contributed by atoms with E-state index in [0.717, 1.165) is 25.8 Å². The van der Waals surface area contributed by atoms with Gasteiger partial charge in [-0.1, -0.05) is 24.9 Å². The number of carbonyl (C=O) groups excluding carboxylic acids is 1. The second-order valence-corrected chi connectivity index (χ2v) is 5.95. The molecular formula is C16H23ClN2O2. The Morgan fingerprint density at radius 3 is 2.76 bits per heavy atom. The molecule has 1 amide bonds. The smallest absolute Gasteiger partial charge is 0.260 e. The molecule has 0 bridgehead atoms. The summed E-state index contributed by atoms with van der Waals surface area (Å²) < 4.78 is 5.53. The summed E-state index contributed by atoms with van der Waals surface area (Å²) >= 11 is 5.82. The molecular weight excluding hydrogens is 288 g/mol. The summed E-state index contributed by atoms with van der Waals surface area (Å²) in [6.45, 7) is 3.54. The van der Waals surface area contributed by atoms with Gasteiger partial charge in [0.1, 0.15) is 5.75 Å². The number of piperidine rings is 1. The van der Waals surface area contributed by atoms with Gasteiger partial charge in [0.15, 0.2) is 6.61 Å². The van der Waals surface area contributed by atoms with E-state index in [9.17, 15) is 4.79 Å². The highest BCUT2D eigenvalue weighted by atomic mass is 35.5. The Morgan fingerprint density at radius 2 is 2.14 bits per heavy atom. The largest absolute Gasteiger partial charge is 0.484 e. The number of amides is 1. The summed E-state index contributed by atoms with van der Waals surface area (Å²) in [4.78, 5) is 14.2. The highest BCUT2D eigenvalue weighted by Crippen LogP contribution is 2.25. The van der Waals surface area contributed by atoms with Gasteiger partial charge in [-0.25, -0.2) is 0 Å². The molecule has 5 heteroatoms. The van der Waals surface area contributed by atoms with Crippen LogP contribution < -0.4 is 10.5 Å². The van der Waals surface area contributed by atoms with E-state index in [1.807, 2.05) is 4.90 Å². The number of ether oxygens (including phenoxy) is 1. The normalized spacial score (nSPS) is 22.1. The van der Waals surface area contributed by atoms with Crippen LogP contribution in [0.2, 0.25) is 5.02 Å². The molecule has 0 saturated carbocycles. The highest BCUT2D eigenvalue weighted by Gasteiger charge is 2.30. The Kier molecular flexibility index (Phi) is 5.88. The van der Waals surface area contributed by atoms with E-state index in [1.54, 1.807) is 24.3 Å². The first kappa shape index (κ1) is 16.1. The second kappa shape index (κ2) is 7.66. The summed E-state index contributed by atoms with van der Waals surface area (Å²) in [5.74, 6) is 1.34. The molecule has 0 aromatic heterocycles. The number of nitrogens with two attached hydrogens (primary N) is 1. The Hall–Kier alpha value is -1.26. The first-order chi connectivity index (χ1) is 10.1. The van der Waals surface area contributed by atoms with Crippen LogP contribution in [0.5, 0.6) is 5.75 Å². The van der Waals surface area contributed by atoms with Crippen molar-refractivity contribution in [3.63, 3.8) is 0 Å². The van der Waals surface area contributed by atoms with E-state index in [0.29, 0.717) is 23.2 Å². The van der Waals surface area contributed by atoms with Crippen molar-refractivity contribution in [2.45, 2.75) is 32.2 Å². The fourth-order valence-corrected chi connectivity index (χ4v) is 2.94. The lowest BCUT2D eigenvalue weighted by Crippen LogP contribution is -2.51. The van der Waals surface area contributed by atoms with E-state index < -0.39 is 0 Å². The molecule has 1 aromatic carbocycles. The van der Waals surface area contributed by atoms with Gasteiger partial charge in [0, 0.05) is 24.2 Å². The van der Waals surface area contributed by atoms with Crippen molar-refractivity contribution >= 4 is 17.5 Å². The maximum Gasteiger partial charge on any atom is 0.260 e. The second-order valence-electron chi connectivity index (χ2n) is 5.52. The molecule has 21 heavy (non-hydrogen) atoms. The van der Waals surface area contributed by atoms with Crippen LogP contribution in [0.25, 0.3) is 0 Å². The third kappa shape index (κ3) is 4.35. The first-order valence-electron chi connectivity index (χ1n) is 7.52. The fraction of sp³-hybridized carbons (Fsp3) is 0.562. The summed E-state index contributed by atoms with van der Waals surface area (Å²) in [6, 6.07) is 7.16. The number of carbonyl (C=O) groups is 1. The van der Waals surface area contributed by atoms with Crippen molar-refractivity contribution in [3.8, 4) is 5.75 Å². The lowest BCUT2D eigenvalue weighted by Gasteiger charge is -2.38. The average molecular weight is 311 g/mol. The maximum absolute atomic E-state index is 12.3. The lowest BCUT2D eigenvalue weighted by atomic mass is 9.89. The van der Waals surface area contributed by atoms with Crippen molar-refractivity contribution in [1.82, 2.24) is 4.90 Å². The van der Waals surface area contributed by atoms with Crippen LogP contribution in [0.15, 0.2) is 24.3 Å². The fourth-order valence-electron chi connectivity index (χ4n) is 2.82. The van der Waals surface area contributed by atoms with Crippen LogP contribution in [0.1, 0.15) is 26.2 Å². The Labute approximate surface area is 131 Å². The standard InChI is InChI=1S/C16H23ClN2O2/c1-2-12-7-8-19(14(9-12)10-18)16(20)11-21-15-5-3-13(17)4-6-15/h3-6,12,14H,2,7-11,18H2,1H3. The maximum atomic E-state index is 12.3. The summed E-state index contributed by atoms with van der Waals surface area (Å²) in [5.41, 5.74) is 5.82. The van der Waals surface area contributed by atoms with E-state index >= 15 is 0 Å². The van der Waals surface area contributed by atoms with Crippen LogP contribution in [0.3, 0.4) is 0 Å². The Morgan fingerprint density at radius 1 is 1.43 bits per heavy atom. The van der Waals surface area contributed by atoms with E-state index in [4.69, 9.17) is 22.1 Å². The number of benzene rings is 1. The van der Waals surface area contributed by atoms with Crippen molar-refractivity contribution in [3.05, 3.63) is 29.3 Å². The number of likely N-dealkylation sites (tertiary alicyclic amines) is 1. The third-order valence-electron chi connectivity index (χ3n) is 4.17. The minimum Gasteiger partial charge on any atom is -0.484 e. The van der Waals surface area contributed by atoms with Crippen LogP contribution in [-0.2, 0) is 4.79 Å². The predicted molar refractivity (Wildman–Crippen MR) is 84.5 cm³/mol. The number of hydrogen-bond donors (Lipinski definition) is 1. The third-order valence-corrected chi connectivity index (χ3v) is 4.42. The van der Waals surface area contributed by atoms with Gasteiger partial charge in [0.2, 0.25) is 0 Å². The quantitative estimate of drug-likeness (QED) is 0.909. The van der Waals surface area contributed by atoms with Crippen LogP contribution in [0.4, 0.5) is 0 Å². The monoisotopic (exact) mass is 310 g/mol. The minimum absolute atomic E-state index is 0.00922. The van der Waals surface area contributed by atoms with E-state index in [-0.39, 0.29) is 18.6 Å². The molecule has 1 aliphatic rings. The number of halogens is 1. The molecule has 0 radical (unpaired) electrons. The molecule has 1 fully saturated rings. The van der Waals surface area contributed by atoms with Crippen LogP contribution in [-0.4, -0.2) is 36.5 Å².